The Morgan fingerprint density at radius 3 is 1.14 bits per heavy atom. The smallest absolute Gasteiger partial charge is 0.185 e. The van der Waals surface area contributed by atoms with E-state index < -0.39 is 78.1 Å². The Hall–Kier alpha value is -2.37. The van der Waals surface area contributed by atoms with Crippen molar-refractivity contribution in [2.24, 2.45) is 0 Å². The zero-order valence-electron chi connectivity index (χ0n) is 14.7. The molecule has 0 aliphatic rings. The third-order valence-electron chi connectivity index (χ3n) is 3.55. The molecule has 3 nitrogen and oxygen atoms in total. The van der Waals surface area contributed by atoms with Crippen LogP contribution < -0.4 is 5.32 Å². The second-order valence-corrected chi connectivity index (χ2v) is 7.44. The van der Waals surface area contributed by atoms with E-state index in [1.165, 1.54) is 7.05 Å². The minimum Gasteiger partial charge on any atom is -0.383 e. The second-order valence-electron chi connectivity index (χ2n) is 5.49. The number of hydrogen-bond acceptors (Lipinski definition) is 3. The van der Waals surface area contributed by atoms with Crippen molar-refractivity contribution in [3.8, 4) is 0 Å². The van der Waals surface area contributed by atoms with Gasteiger partial charge in [-0.05, 0) is 13.8 Å². The SMILES string of the molecule is CNc1c(F)c(F)c(C)c(F)c1F.Cc1c(F)c(F)c(S(C)(=O)=O)c(F)c1F. The van der Waals surface area contributed by atoms with Crippen molar-refractivity contribution in [3.63, 3.8) is 0 Å². The lowest BCUT2D eigenvalue weighted by Gasteiger charge is -2.08. The molecule has 1 N–H and O–H groups in total. The lowest BCUT2D eigenvalue weighted by Crippen LogP contribution is -2.10. The fraction of sp³-hybridized carbons (Fsp3) is 0.250. The van der Waals surface area contributed by atoms with E-state index in [0.717, 1.165) is 13.8 Å². The Morgan fingerprint density at radius 1 is 0.607 bits per heavy atom. The van der Waals surface area contributed by atoms with Gasteiger partial charge in [0.05, 0.1) is 0 Å². The highest BCUT2D eigenvalue weighted by Crippen LogP contribution is 2.27. The van der Waals surface area contributed by atoms with Crippen molar-refractivity contribution in [1.29, 1.82) is 0 Å². The molecule has 0 fully saturated rings. The number of hydrogen-bond donors (Lipinski definition) is 1. The van der Waals surface area contributed by atoms with Gasteiger partial charge in [-0.15, -0.1) is 0 Å². The molecule has 2 rings (SSSR count). The van der Waals surface area contributed by atoms with Gasteiger partial charge >= 0.3 is 0 Å². The molecule has 0 amide bonds. The quantitative estimate of drug-likeness (QED) is 0.556. The molecule has 0 aliphatic carbocycles. The van der Waals surface area contributed by atoms with Gasteiger partial charge in [0.2, 0.25) is 0 Å². The molecule has 0 heterocycles. The average Bonchev–Trinajstić information content (AvgIpc) is 2.61. The molecule has 12 heteroatoms. The molecule has 2 aromatic carbocycles. The van der Waals surface area contributed by atoms with Crippen LogP contribution in [0.1, 0.15) is 11.1 Å². The number of rotatable bonds is 2. The number of nitrogens with one attached hydrogen (secondary N) is 1. The average molecular weight is 435 g/mol. The fourth-order valence-corrected chi connectivity index (χ4v) is 2.84. The maximum atomic E-state index is 13.0. The summed E-state index contributed by atoms with van der Waals surface area (Å²) in [5.74, 6) is -12.7. The van der Waals surface area contributed by atoms with E-state index in [9.17, 15) is 43.5 Å². The summed E-state index contributed by atoms with van der Waals surface area (Å²) in [7, 11) is -3.18. The highest BCUT2D eigenvalue weighted by atomic mass is 32.2. The first-order valence-electron chi connectivity index (χ1n) is 7.21. The van der Waals surface area contributed by atoms with E-state index in [0.29, 0.717) is 6.26 Å². The van der Waals surface area contributed by atoms with Crippen molar-refractivity contribution in [2.75, 3.05) is 18.6 Å². The summed E-state index contributed by atoms with van der Waals surface area (Å²) in [6.45, 7) is 1.78. The van der Waals surface area contributed by atoms with E-state index in [1.807, 2.05) is 5.32 Å². The molecular weight excluding hydrogens is 422 g/mol. The van der Waals surface area contributed by atoms with Crippen molar-refractivity contribution >= 4 is 15.5 Å². The summed E-state index contributed by atoms with van der Waals surface area (Å²) in [4.78, 5) is -1.58. The summed E-state index contributed by atoms with van der Waals surface area (Å²) in [5.41, 5.74) is -2.34. The van der Waals surface area contributed by atoms with Gasteiger partial charge in [0.15, 0.2) is 56.4 Å². The van der Waals surface area contributed by atoms with Gasteiger partial charge in [-0.3, -0.25) is 0 Å². The monoisotopic (exact) mass is 435 g/mol. The number of benzene rings is 2. The molecule has 2 aromatic rings. The van der Waals surface area contributed by atoms with Crippen LogP contribution in [-0.2, 0) is 9.84 Å². The van der Waals surface area contributed by atoms with E-state index in [4.69, 9.17) is 0 Å². The van der Waals surface area contributed by atoms with Gasteiger partial charge in [-0.25, -0.2) is 43.5 Å². The highest BCUT2D eigenvalue weighted by molar-refractivity contribution is 7.90. The van der Waals surface area contributed by atoms with Crippen LogP contribution in [0.25, 0.3) is 0 Å². The summed E-state index contributed by atoms with van der Waals surface area (Å²) in [6.07, 6.45) is 0.461. The maximum Gasteiger partial charge on any atom is 0.185 e. The van der Waals surface area contributed by atoms with Gasteiger partial charge in [-0.1, -0.05) is 0 Å². The maximum absolute atomic E-state index is 13.0. The molecule has 0 radical (unpaired) electrons. The standard InChI is InChI=1S/C8H7F4N.C8H6F4O2S/c1-3-4(9)6(11)8(13-2)7(12)5(3)10;1-3-4(9)6(11)8(15(2,13)14)7(12)5(3)10/h13H,1-2H3;1-2H3. The molecule has 156 valence electrons. The summed E-state index contributed by atoms with van der Waals surface area (Å²) in [6, 6.07) is 0. The molecule has 0 unspecified atom stereocenters. The zero-order chi connectivity index (χ0) is 22.1. The Bertz CT molecular complexity index is 980. The van der Waals surface area contributed by atoms with Gasteiger partial charge in [0.25, 0.3) is 0 Å². The second kappa shape index (κ2) is 8.33. The Balaban J connectivity index is 0.000000283. The summed E-state index contributed by atoms with van der Waals surface area (Å²) in [5, 5.41) is 2.04. The lowest BCUT2D eigenvalue weighted by atomic mass is 10.1. The van der Waals surface area contributed by atoms with E-state index in [1.54, 1.807) is 0 Å². The van der Waals surface area contributed by atoms with Crippen LogP contribution in [0.4, 0.5) is 40.8 Å². The van der Waals surface area contributed by atoms with Crippen molar-refractivity contribution in [2.45, 2.75) is 18.7 Å². The number of anilines is 1. The van der Waals surface area contributed by atoms with Crippen molar-refractivity contribution in [1.82, 2.24) is 0 Å². The Labute approximate surface area is 154 Å². The van der Waals surface area contributed by atoms with Gasteiger partial charge in [0, 0.05) is 24.4 Å². The first kappa shape index (κ1) is 23.7. The first-order chi connectivity index (χ1) is 12.7. The number of sulfone groups is 1. The summed E-state index contributed by atoms with van der Waals surface area (Å²) >= 11 is 0. The molecule has 0 bridgehead atoms. The topological polar surface area (TPSA) is 46.2 Å². The number of halogens is 8. The van der Waals surface area contributed by atoms with Crippen LogP contribution in [0, 0.1) is 60.4 Å². The Kier molecular flexibility index (Phi) is 7.04. The van der Waals surface area contributed by atoms with E-state index in [2.05, 4.69) is 0 Å². The third-order valence-corrected chi connectivity index (χ3v) is 4.65. The van der Waals surface area contributed by atoms with E-state index >= 15 is 0 Å². The van der Waals surface area contributed by atoms with Crippen molar-refractivity contribution < 1.29 is 43.5 Å². The van der Waals surface area contributed by atoms with Gasteiger partial charge in [0.1, 0.15) is 10.6 Å². The molecule has 0 saturated heterocycles. The van der Waals surface area contributed by atoms with Gasteiger partial charge < -0.3 is 5.32 Å². The predicted octanol–water partition coefficient (Wildman–Crippen LogP) is 4.55. The fourth-order valence-electron chi connectivity index (χ4n) is 2.01. The molecule has 0 aliphatic heterocycles. The molecular formula is C16H13F8NO2S. The minimum absolute atomic E-state index is 0.461. The largest absolute Gasteiger partial charge is 0.383 e. The van der Waals surface area contributed by atoms with Crippen LogP contribution >= 0.6 is 0 Å². The zero-order valence-corrected chi connectivity index (χ0v) is 15.6. The molecule has 0 spiro atoms. The van der Waals surface area contributed by atoms with Crippen LogP contribution in [0.2, 0.25) is 0 Å². The van der Waals surface area contributed by atoms with E-state index in [-0.39, 0.29) is 0 Å². The predicted molar refractivity (Wildman–Crippen MR) is 84.7 cm³/mol. The van der Waals surface area contributed by atoms with Crippen molar-refractivity contribution in [3.05, 3.63) is 57.7 Å². The third kappa shape index (κ3) is 4.21. The Morgan fingerprint density at radius 2 is 0.893 bits per heavy atom. The van der Waals surface area contributed by atoms with Crippen LogP contribution in [0.15, 0.2) is 4.90 Å². The molecule has 0 atom stereocenters. The van der Waals surface area contributed by atoms with Crippen LogP contribution in [0.3, 0.4) is 0 Å². The lowest BCUT2D eigenvalue weighted by molar-refractivity contribution is 0.412. The van der Waals surface area contributed by atoms with Crippen LogP contribution in [0.5, 0.6) is 0 Å². The van der Waals surface area contributed by atoms with Gasteiger partial charge in [-0.2, -0.15) is 0 Å². The summed E-state index contributed by atoms with van der Waals surface area (Å²) < 4.78 is 125. The molecule has 28 heavy (non-hydrogen) atoms. The normalized spacial score (nSPS) is 11.1. The van der Waals surface area contributed by atoms with Crippen LogP contribution in [-0.4, -0.2) is 21.7 Å². The molecule has 0 saturated carbocycles. The minimum atomic E-state index is -4.36. The first-order valence-corrected chi connectivity index (χ1v) is 9.10. The molecule has 0 aromatic heterocycles. The highest BCUT2D eigenvalue weighted by Gasteiger charge is 2.29.